The molecule has 0 radical (unpaired) electrons. The number of nitrogens with zero attached hydrogens (tertiary/aromatic N) is 7. The zero-order valence-corrected chi connectivity index (χ0v) is 30.1. The molecule has 4 aromatic heterocycles. The number of ether oxygens (including phenoxy) is 2. The zero-order chi connectivity index (χ0) is 35.7. The molecule has 0 spiro atoms. The number of hydrogen-bond donors (Lipinski definition) is 6. The Morgan fingerprint density at radius 1 is 0.941 bits per heavy atom. The third-order valence-electron chi connectivity index (χ3n) is 9.19. The lowest BCUT2D eigenvalue weighted by atomic mass is 10.1. The molecule has 0 saturated carbocycles. The van der Waals surface area contributed by atoms with Crippen LogP contribution in [0.4, 0.5) is 16.2 Å². The Labute approximate surface area is 299 Å². The molecule has 24 heteroatoms. The molecule has 1 aliphatic carbocycles. The van der Waals surface area contributed by atoms with Crippen molar-refractivity contribution in [2.24, 2.45) is 5.73 Å². The minimum absolute atomic E-state index is 0.0353. The summed E-state index contributed by atoms with van der Waals surface area (Å²) in [5, 5.41) is 15.4. The molecule has 7 heterocycles. The van der Waals surface area contributed by atoms with Gasteiger partial charge in [-0.3, -0.25) is 13.6 Å². The van der Waals surface area contributed by atoms with Gasteiger partial charge in [0.15, 0.2) is 30.1 Å². The van der Waals surface area contributed by atoms with Crippen LogP contribution in [0.1, 0.15) is 36.6 Å². The normalized spacial score (nSPS) is 35.9. The number of aromatic nitrogens is 7. The molecule has 8 N–H and O–H groups in total. The molecule has 10 atom stereocenters. The highest BCUT2D eigenvalue weighted by Crippen LogP contribution is 2.54. The predicted molar refractivity (Wildman–Crippen MR) is 185 cm³/mol. The average Bonchev–Trinajstić information content (AvgIpc) is 3.79. The zero-order valence-electron chi connectivity index (χ0n) is 26.7. The number of alkyl halides is 1. The monoisotopic (exact) mass is 788 g/mol. The molecule has 0 aromatic carbocycles. The summed E-state index contributed by atoms with van der Waals surface area (Å²) in [6, 6.07) is 0. The van der Waals surface area contributed by atoms with Gasteiger partial charge in [-0.2, -0.15) is 9.97 Å². The van der Waals surface area contributed by atoms with Crippen LogP contribution in [0.15, 0.2) is 18.9 Å². The van der Waals surface area contributed by atoms with E-state index in [9.17, 15) is 14.9 Å². The van der Waals surface area contributed by atoms with Gasteiger partial charge in [-0.1, -0.05) is 0 Å². The van der Waals surface area contributed by atoms with Crippen molar-refractivity contribution in [2.45, 2.75) is 74.8 Å². The minimum Gasteiger partial charge on any atom is -0.386 e. The number of halogens is 1. The Balaban J connectivity index is 1.10. The smallest absolute Gasteiger partial charge is 0.325 e. The molecule has 19 nitrogen and oxygen atoms in total. The summed E-state index contributed by atoms with van der Waals surface area (Å²) in [6.45, 7) is -8.94. The maximum atomic E-state index is 16.2. The van der Waals surface area contributed by atoms with Crippen LogP contribution in [0.3, 0.4) is 0 Å². The van der Waals surface area contributed by atoms with E-state index in [0.29, 0.717) is 18.7 Å². The number of aliphatic hydroxyl groups excluding tert-OH is 1. The highest BCUT2D eigenvalue weighted by Gasteiger charge is 2.53. The van der Waals surface area contributed by atoms with E-state index in [-0.39, 0.29) is 22.9 Å². The summed E-state index contributed by atoms with van der Waals surface area (Å²) >= 11 is 10.7. The fourth-order valence-electron chi connectivity index (χ4n) is 6.88. The predicted octanol–water partition coefficient (Wildman–Crippen LogP) is 0.847. The fraction of sp³-hybridized carbons (Fsp3) is 0.593. The van der Waals surface area contributed by atoms with Crippen molar-refractivity contribution in [3.63, 3.8) is 0 Å². The molecule has 4 aromatic rings. The Morgan fingerprint density at radius 3 is 2.45 bits per heavy atom. The first-order valence-electron chi connectivity index (χ1n) is 16.1. The van der Waals surface area contributed by atoms with Crippen LogP contribution in [0.2, 0.25) is 0 Å². The van der Waals surface area contributed by atoms with Crippen molar-refractivity contribution in [1.29, 1.82) is 0 Å². The van der Waals surface area contributed by atoms with Crippen LogP contribution in [0.5, 0.6) is 0 Å². The van der Waals surface area contributed by atoms with Crippen molar-refractivity contribution in [2.75, 3.05) is 37.4 Å². The standard InChI is InChI=1S/C27H35FN10O9P2S2/c28-17-14-8-42-48(40,50)46-20-15(45-25(19(20)39)37-7-12-3-1-2-4-13-16(12)23(37)33-10-32-13)9-43-49(41,51)47-21(17)26(44-14)38-11-34-18-22(30)35-27(31-6-5-29)36-24(18)38/h7,10-11,14-15,17,19-21,25-26,39H,1-6,8-9,29H2,(H,40,50)(H,41,51)(H3,30,31,35,36)/t14-,15-,17-,19-,20-,21-,25-,26-,48?,49?/m1/s1. The maximum Gasteiger partial charge on any atom is 0.325 e. The van der Waals surface area contributed by atoms with E-state index in [1.54, 1.807) is 4.57 Å². The number of nitrogens with two attached hydrogens (primary N) is 2. The molecule has 4 aliphatic rings. The first-order valence-corrected chi connectivity index (χ1v) is 21.3. The molecule has 276 valence electrons. The SMILES string of the molecule is NCCNc1nc(N)c2ncn([C@@H]3O[C@@H]4COP(O)(=S)O[C@H]5[C@@H](O)[C@H](n6cc7c8c(ncnc86)CCCC7)O[C@@H]5COP(O)(=S)O[C@@H]3[C@@H]4F)c2n1. The van der Waals surface area contributed by atoms with Crippen LogP contribution in [-0.4, -0.2) is 112 Å². The van der Waals surface area contributed by atoms with Gasteiger partial charge < -0.3 is 54.8 Å². The summed E-state index contributed by atoms with van der Waals surface area (Å²) in [6.07, 6.45) is -3.15. The Morgan fingerprint density at radius 2 is 1.67 bits per heavy atom. The second-order valence-corrected chi connectivity index (χ2v) is 18.1. The molecular weight excluding hydrogens is 753 g/mol. The number of aliphatic hydroxyl groups is 1. The number of anilines is 2. The van der Waals surface area contributed by atoms with Gasteiger partial charge in [0, 0.05) is 24.7 Å². The number of rotatable bonds is 5. The summed E-state index contributed by atoms with van der Waals surface area (Å²) in [4.78, 5) is 44.3. The summed E-state index contributed by atoms with van der Waals surface area (Å²) in [5.41, 5.74) is 14.5. The lowest BCUT2D eigenvalue weighted by Gasteiger charge is -2.28. The van der Waals surface area contributed by atoms with Crippen molar-refractivity contribution in [1.82, 2.24) is 34.1 Å². The van der Waals surface area contributed by atoms with Gasteiger partial charge in [-0.15, -0.1) is 0 Å². The lowest BCUT2D eigenvalue weighted by molar-refractivity contribution is -0.0604. The van der Waals surface area contributed by atoms with Gasteiger partial charge in [-0.05, 0) is 54.9 Å². The van der Waals surface area contributed by atoms with E-state index in [1.165, 1.54) is 17.2 Å². The van der Waals surface area contributed by atoms with E-state index in [1.807, 2.05) is 6.20 Å². The molecule has 3 saturated heterocycles. The van der Waals surface area contributed by atoms with E-state index >= 15 is 4.39 Å². The second kappa shape index (κ2) is 13.8. The number of hydrogen-bond acceptors (Lipinski definition) is 17. The van der Waals surface area contributed by atoms with Crippen LogP contribution in [0.25, 0.3) is 22.2 Å². The number of fused-ring (bicyclic) bond motifs is 4. The van der Waals surface area contributed by atoms with Crippen molar-refractivity contribution >= 4 is 71.0 Å². The van der Waals surface area contributed by atoms with Crippen molar-refractivity contribution in [3.05, 3.63) is 30.1 Å². The Kier molecular flexibility index (Phi) is 9.63. The second-order valence-electron chi connectivity index (χ2n) is 12.5. The molecule has 0 amide bonds. The van der Waals surface area contributed by atoms with Gasteiger partial charge in [0.1, 0.15) is 48.0 Å². The lowest BCUT2D eigenvalue weighted by Crippen LogP contribution is -2.36. The molecule has 3 aliphatic heterocycles. The molecular formula is C27H35FN10O9P2S2. The average molecular weight is 789 g/mol. The molecule has 8 rings (SSSR count). The van der Waals surface area contributed by atoms with Crippen LogP contribution < -0.4 is 16.8 Å². The number of imidazole rings is 1. The van der Waals surface area contributed by atoms with E-state index < -0.39 is 75.8 Å². The van der Waals surface area contributed by atoms with Crippen LogP contribution >= 0.6 is 13.4 Å². The first kappa shape index (κ1) is 35.6. The molecule has 2 bridgehead atoms. The van der Waals surface area contributed by atoms with Gasteiger partial charge in [0.2, 0.25) is 5.95 Å². The maximum absolute atomic E-state index is 16.2. The largest absolute Gasteiger partial charge is 0.386 e. The van der Waals surface area contributed by atoms with Crippen LogP contribution in [-0.2, 0) is 64.0 Å². The Bertz CT molecular complexity index is 2060. The van der Waals surface area contributed by atoms with Crippen molar-refractivity contribution < 1.29 is 46.9 Å². The van der Waals surface area contributed by atoms with E-state index in [2.05, 4.69) is 30.2 Å². The topological polar surface area (TPSA) is 254 Å². The van der Waals surface area contributed by atoms with E-state index in [0.717, 1.165) is 42.3 Å². The summed E-state index contributed by atoms with van der Waals surface area (Å²) in [5.74, 6) is 0.176. The van der Waals surface area contributed by atoms with E-state index in [4.69, 9.17) is 62.6 Å². The summed E-state index contributed by atoms with van der Waals surface area (Å²) < 4.78 is 54.4. The number of aryl methyl sites for hydroxylation is 2. The molecule has 2 unspecified atom stereocenters. The number of nitrogen functional groups attached to an aromatic ring is 1. The minimum atomic E-state index is -4.27. The Hall–Kier alpha value is -2.40. The van der Waals surface area contributed by atoms with Crippen LogP contribution in [0, 0.1) is 0 Å². The van der Waals surface area contributed by atoms with Crippen molar-refractivity contribution in [3.8, 4) is 0 Å². The van der Waals surface area contributed by atoms with Gasteiger partial charge in [0.05, 0.1) is 25.2 Å². The first-order chi connectivity index (χ1) is 24.4. The molecule has 3 fully saturated rings. The van der Waals surface area contributed by atoms with Gasteiger partial charge >= 0.3 is 13.4 Å². The summed E-state index contributed by atoms with van der Waals surface area (Å²) in [7, 11) is 0. The highest BCUT2D eigenvalue weighted by atomic mass is 32.5. The third kappa shape index (κ3) is 6.69. The van der Waals surface area contributed by atoms with Gasteiger partial charge in [-0.25, -0.2) is 19.3 Å². The molecule has 51 heavy (non-hydrogen) atoms. The number of nitrogens with one attached hydrogen (secondary N) is 1. The fourth-order valence-corrected chi connectivity index (χ4v) is 9.73. The quantitative estimate of drug-likeness (QED) is 0.153. The van der Waals surface area contributed by atoms with Gasteiger partial charge in [0.25, 0.3) is 0 Å². The third-order valence-corrected chi connectivity index (χ3v) is 12.3. The highest BCUT2D eigenvalue weighted by molar-refractivity contribution is 8.07.